The number of rotatable bonds is 5. The van der Waals surface area contributed by atoms with Crippen LogP contribution in [0.5, 0.6) is 0 Å². The molecule has 23 heavy (non-hydrogen) atoms. The van der Waals surface area contributed by atoms with Crippen LogP contribution in [0.4, 0.5) is 0 Å². The fourth-order valence-electron chi connectivity index (χ4n) is 2.29. The first-order valence-electron chi connectivity index (χ1n) is 8.09. The molecule has 2 aromatic rings. The zero-order valence-electron chi connectivity index (χ0n) is 14.9. The molecule has 0 saturated carbocycles. The minimum Gasteiger partial charge on any atom is -0.461 e. The minimum atomic E-state index is -1.84. The monoisotopic (exact) mass is 442 g/mol. The van der Waals surface area contributed by atoms with E-state index in [1.807, 2.05) is 18.2 Å². The van der Waals surface area contributed by atoms with Gasteiger partial charge in [-0.15, -0.1) is 0 Å². The molecule has 0 aliphatic carbocycles. The van der Waals surface area contributed by atoms with Crippen molar-refractivity contribution >= 4 is 41.9 Å². The summed E-state index contributed by atoms with van der Waals surface area (Å²) in [5.74, 6) is 1.17. The summed E-state index contributed by atoms with van der Waals surface area (Å²) in [5, 5.41) is 1.34. The fraction of sp³-hybridized carbons (Fsp3) is 0.474. The van der Waals surface area contributed by atoms with E-state index in [2.05, 4.69) is 85.7 Å². The number of fused-ring (bicyclic) bond motifs is 1. The molecule has 0 aliphatic heterocycles. The number of para-hydroxylation sites is 1. The molecule has 4 heteroatoms. The lowest BCUT2D eigenvalue weighted by Crippen LogP contribution is -2.44. The van der Waals surface area contributed by atoms with Crippen LogP contribution in [-0.4, -0.2) is 14.4 Å². The fourth-order valence-corrected chi connectivity index (χ4v) is 4.01. The van der Waals surface area contributed by atoms with Gasteiger partial charge in [0.2, 0.25) is 0 Å². The second-order valence-electron chi connectivity index (χ2n) is 7.64. The van der Waals surface area contributed by atoms with Crippen molar-refractivity contribution in [3.63, 3.8) is 0 Å². The SMILES string of the molecule is CC(c1cc2ccccc2o1)C(C=CI)O[Si](C)(C)C(C)(C)C. The smallest absolute Gasteiger partial charge is 0.192 e. The van der Waals surface area contributed by atoms with Crippen molar-refractivity contribution < 1.29 is 8.84 Å². The second-order valence-corrected chi connectivity index (χ2v) is 13.1. The van der Waals surface area contributed by atoms with Gasteiger partial charge in [0.1, 0.15) is 11.3 Å². The molecule has 0 bridgehead atoms. The van der Waals surface area contributed by atoms with Crippen molar-refractivity contribution in [1.82, 2.24) is 0 Å². The van der Waals surface area contributed by atoms with E-state index < -0.39 is 8.32 Å². The highest BCUT2D eigenvalue weighted by atomic mass is 127. The molecular formula is C19H27IO2Si. The molecule has 2 unspecified atom stereocenters. The standard InChI is InChI=1S/C19H27IO2Si/c1-14(18-13-15-9-7-8-10-17(15)21-18)16(11-12-20)22-23(5,6)19(2,3)4/h7-14,16H,1-6H3. The third-order valence-electron chi connectivity index (χ3n) is 4.89. The number of halogens is 1. The molecule has 0 aliphatic rings. The molecule has 0 amide bonds. The predicted octanol–water partition coefficient (Wildman–Crippen LogP) is 6.88. The lowest BCUT2D eigenvalue weighted by atomic mass is 10.0. The Balaban J connectivity index is 2.29. The van der Waals surface area contributed by atoms with Crippen LogP contribution in [0.3, 0.4) is 0 Å². The summed E-state index contributed by atoms with van der Waals surface area (Å²) in [6.07, 6.45) is 2.19. The highest BCUT2D eigenvalue weighted by molar-refractivity contribution is 14.1. The Morgan fingerprint density at radius 3 is 2.43 bits per heavy atom. The third kappa shape index (κ3) is 4.28. The Kier molecular flexibility index (Phi) is 5.79. The lowest BCUT2D eigenvalue weighted by Gasteiger charge is -2.39. The highest BCUT2D eigenvalue weighted by Gasteiger charge is 2.40. The molecule has 0 spiro atoms. The van der Waals surface area contributed by atoms with Gasteiger partial charge in [-0.05, 0) is 34.3 Å². The van der Waals surface area contributed by atoms with Gasteiger partial charge in [-0.2, -0.15) is 0 Å². The quantitative estimate of drug-likeness (QED) is 0.372. The first-order chi connectivity index (χ1) is 10.7. The van der Waals surface area contributed by atoms with E-state index in [9.17, 15) is 0 Å². The predicted molar refractivity (Wildman–Crippen MR) is 110 cm³/mol. The topological polar surface area (TPSA) is 22.4 Å². The van der Waals surface area contributed by atoms with Gasteiger partial charge in [0.15, 0.2) is 8.32 Å². The molecule has 126 valence electrons. The van der Waals surface area contributed by atoms with Crippen LogP contribution in [0.25, 0.3) is 11.0 Å². The van der Waals surface area contributed by atoms with Gasteiger partial charge < -0.3 is 8.84 Å². The van der Waals surface area contributed by atoms with Crippen molar-refractivity contribution in [3.05, 3.63) is 46.3 Å². The maximum absolute atomic E-state index is 6.64. The molecule has 0 N–H and O–H groups in total. The minimum absolute atomic E-state index is 0.0355. The lowest BCUT2D eigenvalue weighted by molar-refractivity contribution is 0.191. The Labute approximate surface area is 154 Å². The summed E-state index contributed by atoms with van der Waals surface area (Å²) in [7, 11) is -1.84. The second kappa shape index (κ2) is 7.11. The number of benzene rings is 1. The third-order valence-corrected chi connectivity index (χ3v) is 9.77. The van der Waals surface area contributed by atoms with Gasteiger partial charge in [-0.3, -0.25) is 0 Å². The maximum Gasteiger partial charge on any atom is 0.192 e. The van der Waals surface area contributed by atoms with E-state index in [1.165, 1.54) is 0 Å². The van der Waals surface area contributed by atoms with Crippen LogP contribution in [0.1, 0.15) is 39.4 Å². The number of hydrogen-bond acceptors (Lipinski definition) is 2. The summed E-state index contributed by atoms with van der Waals surface area (Å²) in [6, 6.07) is 10.3. The van der Waals surface area contributed by atoms with Crippen LogP contribution in [-0.2, 0) is 4.43 Å². The molecule has 2 rings (SSSR count). The average molecular weight is 442 g/mol. The van der Waals surface area contributed by atoms with Crippen LogP contribution >= 0.6 is 22.6 Å². The average Bonchev–Trinajstić information content (AvgIpc) is 2.88. The maximum atomic E-state index is 6.64. The van der Waals surface area contributed by atoms with Gasteiger partial charge in [0.25, 0.3) is 0 Å². The normalized spacial score (nSPS) is 16.1. The van der Waals surface area contributed by atoms with Gasteiger partial charge in [0.05, 0.1) is 6.10 Å². The molecule has 2 atom stereocenters. The van der Waals surface area contributed by atoms with E-state index in [0.717, 1.165) is 16.7 Å². The zero-order chi connectivity index (χ0) is 17.3. The summed E-state index contributed by atoms with van der Waals surface area (Å²) in [6.45, 7) is 13.6. The van der Waals surface area contributed by atoms with Crippen molar-refractivity contribution in [1.29, 1.82) is 0 Å². The van der Waals surface area contributed by atoms with Crippen LogP contribution in [0.2, 0.25) is 18.1 Å². The van der Waals surface area contributed by atoms with Crippen LogP contribution < -0.4 is 0 Å². The van der Waals surface area contributed by atoms with Gasteiger partial charge in [0, 0.05) is 11.3 Å². The summed E-state index contributed by atoms with van der Waals surface area (Å²) >= 11 is 2.27. The summed E-state index contributed by atoms with van der Waals surface area (Å²) in [4.78, 5) is 0. The molecule has 0 fully saturated rings. The van der Waals surface area contributed by atoms with E-state index in [4.69, 9.17) is 8.84 Å². The van der Waals surface area contributed by atoms with Gasteiger partial charge >= 0.3 is 0 Å². The highest BCUT2D eigenvalue weighted by Crippen LogP contribution is 2.40. The van der Waals surface area contributed by atoms with Crippen molar-refractivity contribution in [2.45, 2.75) is 57.8 Å². The Bertz CT molecular complexity index is 649. The largest absolute Gasteiger partial charge is 0.461 e. The van der Waals surface area contributed by atoms with Crippen LogP contribution in [0.15, 0.2) is 44.9 Å². The van der Waals surface area contributed by atoms with E-state index in [-0.39, 0.29) is 17.1 Å². The zero-order valence-corrected chi connectivity index (χ0v) is 18.0. The first kappa shape index (κ1) is 18.7. The van der Waals surface area contributed by atoms with E-state index >= 15 is 0 Å². The Morgan fingerprint density at radius 1 is 1.22 bits per heavy atom. The van der Waals surface area contributed by atoms with Crippen molar-refractivity contribution in [2.24, 2.45) is 0 Å². The Hall–Kier alpha value is -0.593. The van der Waals surface area contributed by atoms with Gasteiger partial charge in [-0.1, -0.05) is 74.6 Å². The molecule has 1 aromatic heterocycles. The first-order valence-corrected chi connectivity index (χ1v) is 12.2. The van der Waals surface area contributed by atoms with Crippen molar-refractivity contribution in [3.8, 4) is 0 Å². The Morgan fingerprint density at radius 2 is 1.87 bits per heavy atom. The van der Waals surface area contributed by atoms with E-state index in [0.29, 0.717) is 0 Å². The molecule has 1 aromatic carbocycles. The number of furan rings is 1. The van der Waals surface area contributed by atoms with Gasteiger partial charge in [-0.25, -0.2) is 0 Å². The molecule has 2 nitrogen and oxygen atoms in total. The van der Waals surface area contributed by atoms with E-state index in [1.54, 1.807) is 0 Å². The molecular weight excluding hydrogens is 415 g/mol. The molecule has 0 radical (unpaired) electrons. The molecule has 1 heterocycles. The summed E-state index contributed by atoms with van der Waals surface area (Å²) in [5.41, 5.74) is 0.943. The van der Waals surface area contributed by atoms with Crippen molar-refractivity contribution in [2.75, 3.05) is 0 Å². The summed E-state index contributed by atoms with van der Waals surface area (Å²) < 4.78 is 14.7. The van der Waals surface area contributed by atoms with Crippen LogP contribution in [0, 0.1) is 0 Å². The number of hydrogen-bond donors (Lipinski definition) is 0. The molecule has 0 saturated heterocycles.